The largest absolute Gasteiger partial charge is 0.465 e. The van der Waals surface area contributed by atoms with Crippen molar-refractivity contribution in [1.82, 2.24) is 10.0 Å². The molecule has 9 heteroatoms. The summed E-state index contributed by atoms with van der Waals surface area (Å²) in [5.74, 6) is -0.207. The van der Waals surface area contributed by atoms with Gasteiger partial charge in [0.2, 0.25) is 10.0 Å². The number of nitrogens with one attached hydrogen (secondary N) is 2. The fraction of sp³-hybridized carbons (Fsp3) is 0.294. The number of aryl methyl sites for hydroxylation is 2. The first-order valence-electron chi connectivity index (χ1n) is 7.69. The Morgan fingerprint density at radius 3 is 2.46 bits per heavy atom. The van der Waals surface area contributed by atoms with E-state index < -0.39 is 21.9 Å². The molecule has 0 atom stereocenters. The summed E-state index contributed by atoms with van der Waals surface area (Å²) in [6, 6.07) is 5.79. The molecule has 0 fully saturated rings. The average Bonchev–Trinajstić information content (AvgIpc) is 2.99. The fourth-order valence-corrected chi connectivity index (χ4v) is 3.09. The smallest absolute Gasteiger partial charge is 0.341 e. The highest BCUT2D eigenvalue weighted by molar-refractivity contribution is 7.89. The first-order chi connectivity index (χ1) is 12.2. The summed E-state index contributed by atoms with van der Waals surface area (Å²) in [5, 5.41) is 2.65. The van der Waals surface area contributed by atoms with E-state index in [2.05, 4.69) is 14.8 Å². The van der Waals surface area contributed by atoms with Crippen molar-refractivity contribution in [2.24, 2.45) is 0 Å². The molecule has 1 heterocycles. The molecule has 2 aromatic rings. The lowest BCUT2D eigenvalue weighted by molar-refractivity contribution is 0.0598. The second kappa shape index (κ2) is 7.71. The molecular weight excluding hydrogens is 360 g/mol. The monoisotopic (exact) mass is 380 g/mol. The summed E-state index contributed by atoms with van der Waals surface area (Å²) in [6.07, 6.45) is 0. The van der Waals surface area contributed by atoms with Crippen LogP contribution < -0.4 is 10.0 Å². The molecule has 0 unspecified atom stereocenters. The van der Waals surface area contributed by atoms with Crippen molar-refractivity contribution in [3.05, 3.63) is 52.5 Å². The van der Waals surface area contributed by atoms with Crippen LogP contribution in [-0.2, 0) is 21.3 Å². The molecule has 2 rings (SSSR count). The van der Waals surface area contributed by atoms with E-state index in [9.17, 15) is 18.0 Å². The topological polar surface area (TPSA) is 115 Å². The van der Waals surface area contributed by atoms with Gasteiger partial charge in [0.25, 0.3) is 5.91 Å². The zero-order valence-electron chi connectivity index (χ0n) is 14.9. The quantitative estimate of drug-likeness (QED) is 0.735. The molecule has 0 bridgehead atoms. The zero-order valence-corrected chi connectivity index (χ0v) is 15.7. The number of furan rings is 1. The molecule has 1 aromatic carbocycles. The minimum absolute atomic E-state index is 0.00225. The summed E-state index contributed by atoms with van der Waals surface area (Å²) in [5.41, 5.74) is 1.15. The molecule has 0 aliphatic heterocycles. The van der Waals surface area contributed by atoms with Gasteiger partial charge in [-0.1, -0.05) is 6.07 Å². The Morgan fingerprint density at radius 2 is 1.85 bits per heavy atom. The number of ether oxygens (including phenoxy) is 1. The standard InChI is InChI=1S/C17H20N2O6S/c1-10-5-6-13(26(22,23)18-3)8-14(10)16(20)19-9-12-7-15(11(2)25-12)17(21)24-4/h5-8,18H,9H2,1-4H3,(H,19,20). The fourth-order valence-electron chi connectivity index (χ4n) is 2.34. The Hall–Kier alpha value is -2.65. The lowest BCUT2D eigenvalue weighted by atomic mass is 10.1. The van der Waals surface area contributed by atoms with Crippen LogP contribution in [0.15, 0.2) is 33.6 Å². The van der Waals surface area contributed by atoms with Crippen LogP contribution in [0.1, 0.15) is 37.8 Å². The van der Waals surface area contributed by atoms with E-state index in [1.165, 1.54) is 32.4 Å². The van der Waals surface area contributed by atoms with Gasteiger partial charge in [0.05, 0.1) is 18.6 Å². The molecule has 1 amide bonds. The van der Waals surface area contributed by atoms with Crippen LogP contribution in [0, 0.1) is 13.8 Å². The Kier molecular flexibility index (Phi) is 5.83. The van der Waals surface area contributed by atoms with Crippen molar-refractivity contribution < 1.29 is 27.2 Å². The Bertz CT molecular complexity index is 946. The summed E-state index contributed by atoms with van der Waals surface area (Å²) in [6.45, 7) is 3.37. The van der Waals surface area contributed by atoms with E-state index in [1.54, 1.807) is 19.9 Å². The first-order valence-corrected chi connectivity index (χ1v) is 9.18. The van der Waals surface area contributed by atoms with E-state index in [4.69, 9.17) is 4.42 Å². The van der Waals surface area contributed by atoms with E-state index >= 15 is 0 Å². The summed E-state index contributed by atoms with van der Waals surface area (Å²) < 4.78 is 36.1. The number of sulfonamides is 1. The maximum atomic E-state index is 12.4. The number of amides is 1. The van der Waals surface area contributed by atoms with Gasteiger partial charge in [-0.15, -0.1) is 0 Å². The maximum Gasteiger partial charge on any atom is 0.341 e. The highest BCUT2D eigenvalue weighted by Crippen LogP contribution is 2.17. The predicted octanol–water partition coefficient (Wildman–Crippen LogP) is 1.52. The lowest BCUT2D eigenvalue weighted by Crippen LogP contribution is -2.24. The van der Waals surface area contributed by atoms with Gasteiger partial charge < -0.3 is 14.5 Å². The molecule has 1 aromatic heterocycles. The Labute approximate surface area is 151 Å². The van der Waals surface area contributed by atoms with Crippen molar-refractivity contribution in [1.29, 1.82) is 0 Å². The summed E-state index contributed by atoms with van der Waals surface area (Å²) in [4.78, 5) is 24.0. The van der Waals surface area contributed by atoms with Crippen LogP contribution in [-0.4, -0.2) is 34.5 Å². The molecule has 0 aliphatic carbocycles. The maximum absolute atomic E-state index is 12.4. The van der Waals surface area contributed by atoms with Crippen LogP contribution in [0.5, 0.6) is 0 Å². The van der Waals surface area contributed by atoms with Crippen molar-refractivity contribution in [3.8, 4) is 0 Å². The van der Waals surface area contributed by atoms with Gasteiger partial charge >= 0.3 is 5.97 Å². The van der Waals surface area contributed by atoms with E-state index in [1.807, 2.05) is 0 Å². The SMILES string of the molecule is CNS(=O)(=O)c1ccc(C)c(C(=O)NCc2cc(C(=O)OC)c(C)o2)c1. The number of rotatable bonds is 6. The third-order valence-corrected chi connectivity index (χ3v) is 5.24. The van der Waals surface area contributed by atoms with E-state index in [0.29, 0.717) is 17.1 Å². The molecule has 0 saturated heterocycles. The van der Waals surface area contributed by atoms with Crippen LogP contribution in [0.2, 0.25) is 0 Å². The van der Waals surface area contributed by atoms with E-state index in [-0.39, 0.29) is 22.6 Å². The molecule has 0 saturated carbocycles. The van der Waals surface area contributed by atoms with Crippen molar-refractivity contribution in [2.45, 2.75) is 25.3 Å². The van der Waals surface area contributed by atoms with Crippen LogP contribution in [0.4, 0.5) is 0 Å². The first kappa shape index (κ1) is 19.7. The van der Waals surface area contributed by atoms with Crippen molar-refractivity contribution >= 4 is 21.9 Å². The highest BCUT2D eigenvalue weighted by atomic mass is 32.2. The summed E-state index contributed by atoms with van der Waals surface area (Å²) in [7, 11) is -1.08. The molecule has 140 valence electrons. The number of carbonyl (C=O) groups is 2. The second-order valence-electron chi connectivity index (χ2n) is 5.54. The van der Waals surface area contributed by atoms with Crippen LogP contribution >= 0.6 is 0 Å². The van der Waals surface area contributed by atoms with Crippen LogP contribution in [0.3, 0.4) is 0 Å². The minimum atomic E-state index is -3.65. The van der Waals surface area contributed by atoms with E-state index in [0.717, 1.165) is 0 Å². The van der Waals surface area contributed by atoms with Gasteiger partial charge in [-0.05, 0) is 44.7 Å². The van der Waals surface area contributed by atoms with Gasteiger partial charge in [-0.25, -0.2) is 17.9 Å². The molecule has 0 aliphatic rings. The normalized spacial score (nSPS) is 11.2. The number of hydrogen-bond acceptors (Lipinski definition) is 6. The minimum Gasteiger partial charge on any atom is -0.465 e. The predicted molar refractivity (Wildman–Crippen MR) is 93.4 cm³/mol. The third kappa shape index (κ3) is 4.12. The molecular formula is C17H20N2O6S. The second-order valence-corrected chi connectivity index (χ2v) is 7.43. The third-order valence-electron chi connectivity index (χ3n) is 3.83. The van der Waals surface area contributed by atoms with Gasteiger partial charge in [-0.2, -0.15) is 0 Å². The number of benzene rings is 1. The molecule has 8 nitrogen and oxygen atoms in total. The molecule has 26 heavy (non-hydrogen) atoms. The lowest BCUT2D eigenvalue weighted by Gasteiger charge is -2.09. The number of hydrogen-bond donors (Lipinski definition) is 2. The van der Waals surface area contributed by atoms with Gasteiger partial charge in [0.1, 0.15) is 17.1 Å². The number of esters is 1. The average molecular weight is 380 g/mol. The van der Waals surface area contributed by atoms with Crippen molar-refractivity contribution in [3.63, 3.8) is 0 Å². The molecule has 0 spiro atoms. The molecule has 2 N–H and O–H groups in total. The Morgan fingerprint density at radius 1 is 1.15 bits per heavy atom. The summed E-state index contributed by atoms with van der Waals surface area (Å²) >= 11 is 0. The van der Waals surface area contributed by atoms with Crippen molar-refractivity contribution in [2.75, 3.05) is 14.2 Å². The number of carbonyl (C=O) groups excluding carboxylic acids is 2. The van der Waals surface area contributed by atoms with Crippen LogP contribution in [0.25, 0.3) is 0 Å². The molecule has 0 radical (unpaired) electrons. The highest BCUT2D eigenvalue weighted by Gasteiger charge is 2.18. The number of methoxy groups -OCH3 is 1. The van der Waals surface area contributed by atoms with Gasteiger partial charge in [-0.3, -0.25) is 4.79 Å². The Balaban J connectivity index is 2.18. The van der Waals surface area contributed by atoms with Gasteiger partial charge in [0.15, 0.2) is 0 Å². The zero-order chi connectivity index (χ0) is 19.5. The van der Waals surface area contributed by atoms with Gasteiger partial charge in [0, 0.05) is 5.56 Å².